The lowest BCUT2D eigenvalue weighted by Crippen LogP contribution is -2.15. The maximum absolute atomic E-state index is 11.2. The third-order valence-corrected chi connectivity index (χ3v) is 5.11. The Hall–Kier alpha value is -1.76. The third kappa shape index (κ3) is 3.76. The molecule has 0 atom stereocenters. The molecule has 0 spiro atoms. The Balaban J connectivity index is 2.92. The van der Waals surface area contributed by atoms with Crippen molar-refractivity contribution in [2.75, 3.05) is 0 Å². The van der Waals surface area contributed by atoms with Crippen LogP contribution in [-0.4, -0.2) is 5.11 Å². The summed E-state index contributed by atoms with van der Waals surface area (Å²) in [6.07, 6.45) is 0. The number of hydrogen-bond acceptors (Lipinski definition) is 1. The summed E-state index contributed by atoms with van der Waals surface area (Å²) in [4.78, 5) is 0. The Morgan fingerprint density at radius 1 is 0.840 bits per heavy atom. The average molecular weight is 339 g/mol. The predicted molar refractivity (Wildman–Crippen MR) is 110 cm³/mol. The molecule has 1 N–H and O–H groups in total. The van der Waals surface area contributed by atoms with Crippen LogP contribution in [0, 0.1) is 13.8 Å². The fraction of sp³-hybridized carbons (Fsp3) is 0.500. The van der Waals surface area contributed by atoms with Crippen LogP contribution in [0.25, 0.3) is 11.1 Å². The smallest absolute Gasteiger partial charge is 0.126 e. The number of phenols is 1. The van der Waals surface area contributed by atoms with Gasteiger partial charge in [0.15, 0.2) is 0 Å². The summed E-state index contributed by atoms with van der Waals surface area (Å²) >= 11 is 0. The first-order chi connectivity index (χ1) is 11.4. The fourth-order valence-corrected chi connectivity index (χ4v) is 3.70. The predicted octanol–water partition coefficient (Wildman–Crippen LogP) is 7.22. The van der Waals surface area contributed by atoms with E-state index in [1.807, 2.05) is 6.92 Å². The van der Waals surface area contributed by atoms with Crippen LogP contribution in [0.3, 0.4) is 0 Å². The molecule has 0 saturated heterocycles. The van der Waals surface area contributed by atoms with E-state index in [1.54, 1.807) is 0 Å². The molecule has 0 radical (unpaired) electrons. The molecule has 0 aliphatic rings. The summed E-state index contributed by atoms with van der Waals surface area (Å²) in [6, 6.07) is 8.93. The van der Waals surface area contributed by atoms with Gasteiger partial charge in [0.2, 0.25) is 0 Å². The van der Waals surface area contributed by atoms with Crippen LogP contribution in [0.2, 0.25) is 0 Å². The van der Waals surface area contributed by atoms with Crippen molar-refractivity contribution >= 4 is 0 Å². The molecule has 2 rings (SSSR count). The van der Waals surface area contributed by atoms with Crippen molar-refractivity contribution in [3.63, 3.8) is 0 Å². The van der Waals surface area contributed by atoms with Crippen molar-refractivity contribution in [1.82, 2.24) is 0 Å². The lowest BCUT2D eigenvalue weighted by Gasteiger charge is -2.28. The molecule has 1 heteroatoms. The molecule has 25 heavy (non-hydrogen) atoms. The number of rotatable bonds is 3. The molecule has 2 aromatic carbocycles. The first-order valence-electron chi connectivity index (χ1n) is 9.43. The van der Waals surface area contributed by atoms with Crippen LogP contribution in [0.5, 0.6) is 5.75 Å². The van der Waals surface area contributed by atoms with Gasteiger partial charge in [0.25, 0.3) is 0 Å². The van der Waals surface area contributed by atoms with Crippen molar-refractivity contribution in [2.45, 2.75) is 79.6 Å². The minimum atomic E-state index is 0.0111. The Labute approximate surface area is 154 Å². The van der Waals surface area contributed by atoms with Gasteiger partial charge in [-0.3, -0.25) is 0 Å². The van der Waals surface area contributed by atoms with Crippen LogP contribution >= 0.6 is 0 Å². The second-order valence-electron chi connectivity index (χ2n) is 9.01. The minimum absolute atomic E-state index is 0.0111. The summed E-state index contributed by atoms with van der Waals surface area (Å²) in [7, 11) is 0. The van der Waals surface area contributed by atoms with Crippen LogP contribution in [0.15, 0.2) is 24.3 Å². The summed E-state index contributed by atoms with van der Waals surface area (Å²) in [6.45, 7) is 19.7. The zero-order valence-corrected chi connectivity index (χ0v) is 17.4. The van der Waals surface area contributed by atoms with Crippen LogP contribution in [0.1, 0.15) is 88.1 Å². The molecule has 0 aliphatic carbocycles. The van der Waals surface area contributed by atoms with Gasteiger partial charge in [-0.15, -0.1) is 0 Å². The Kier molecular flexibility index (Phi) is 5.37. The first-order valence-corrected chi connectivity index (χ1v) is 9.43. The van der Waals surface area contributed by atoms with Gasteiger partial charge in [0, 0.05) is 5.56 Å². The van der Waals surface area contributed by atoms with E-state index < -0.39 is 0 Å². The number of benzene rings is 2. The van der Waals surface area contributed by atoms with E-state index in [0.29, 0.717) is 17.6 Å². The number of hydrogen-bond donors (Lipinski definition) is 1. The van der Waals surface area contributed by atoms with Crippen molar-refractivity contribution in [3.8, 4) is 16.9 Å². The molecule has 0 heterocycles. The quantitative estimate of drug-likeness (QED) is 0.626. The van der Waals surface area contributed by atoms with E-state index in [4.69, 9.17) is 0 Å². The van der Waals surface area contributed by atoms with Gasteiger partial charge in [-0.1, -0.05) is 78.3 Å². The summed E-state index contributed by atoms with van der Waals surface area (Å²) in [5, 5.41) is 11.2. The summed E-state index contributed by atoms with van der Waals surface area (Å²) < 4.78 is 0. The fourth-order valence-electron chi connectivity index (χ4n) is 3.70. The Morgan fingerprint density at radius 2 is 1.40 bits per heavy atom. The summed E-state index contributed by atoms with van der Waals surface area (Å²) in [5.41, 5.74) is 8.21. The zero-order valence-electron chi connectivity index (χ0n) is 17.4. The highest BCUT2D eigenvalue weighted by Crippen LogP contribution is 2.45. The van der Waals surface area contributed by atoms with Crippen molar-refractivity contribution < 1.29 is 5.11 Å². The lowest BCUT2D eigenvalue weighted by molar-refractivity contribution is 0.466. The maximum atomic E-state index is 11.2. The second-order valence-corrected chi connectivity index (χ2v) is 9.01. The monoisotopic (exact) mass is 338 g/mol. The van der Waals surface area contributed by atoms with E-state index in [0.717, 1.165) is 11.1 Å². The topological polar surface area (TPSA) is 20.2 Å². The average Bonchev–Trinajstić information content (AvgIpc) is 2.47. The largest absolute Gasteiger partial charge is 0.507 e. The van der Waals surface area contributed by atoms with E-state index >= 15 is 0 Å². The Bertz CT molecular complexity index is 774. The van der Waals surface area contributed by atoms with Crippen LogP contribution in [0.4, 0.5) is 0 Å². The van der Waals surface area contributed by atoms with Crippen LogP contribution in [-0.2, 0) is 5.41 Å². The van der Waals surface area contributed by atoms with E-state index in [1.165, 1.54) is 27.8 Å². The zero-order chi connectivity index (χ0) is 19.1. The molecule has 0 aliphatic heterocycles. The third-order valence-electron chi connectivity index (χ3n) is 5.11. The van der Waals surface area contributed by atoms with Gasteiger partial charge in [0.1, 0.15) is 5.75 Å². The number of aromatic hydroxyl groups is 1. The molecular weight excluding hydrogens is 304 g/mol. The number of phenolic OH excluding ortho intramolecular Hbond substituents is 1. The van der Waals surface area contributed by atoms with E-state index in [9.17, 15) is 5.11 Å². The molecule has 1 nitrogen and oxygen atoms in total. The van der Waals surface area contributed by atoms with Gasteiger partial charge in [0.05, 0.1) is 0 Å². The van der Waals surface area contributed by atoms with Crippen molar-refractivity contribution in [3.05, 3.63) is 52.1 Å². The van der Waals surface area contributed by atoms with Crippen LogP contribution < -0.4 is 0 Å². The van der Waals surface area contributed by atoms with Gasteiger partial charge >= 0.3 is 0 Å². The number of aryl methyl sites for hydroxylation is 1. The van der Waals surface area contributed by atoms with Gasteiger partial charge in [-0.05, 0) is 58.9 Å². The van der Waals surface area contributed by atoms with E-state index in [2.05, 4.69) is 79.7 Å². The maximum Gasteiger partial charge on any atom is 0.126 e. The second kappa shape index (κ2) is 6.86. The van der Waals surface area contributed by atoms with Gasteiger partial charge in [-0.2, -0.15) is 0 Å². The highest BCUT2D eigenvalue weighted by Gasteiger charge is 2.25. The normalized spacial score (nSPS) is 12.3. The molecule has 0 saturated carbocycles. The minimum Gasteiger partial charge on any atom is -0.507 e. The van der Waals surface area contributed by atoms with Crippen molar-refractivity contribution in [1.29, 1.82) is 0 Å². The molecule has 0 fully saturated rings. The molecule has 0 bridgehead atoms. The van der Waals surface area contributed by atoms with Crippen molar-refractivity contribution in [2.24, 2.45) is 0 Å². The highest BCUT2D eigenvalue weighted by molar-refractivity contribution is 5.80. The molecule has 2 aromatic rings. The standard InChI is InChI=1S/C24H34O/c1-14(2)18-11-10-16(5)12-20(18)22-19(15(3)4)13-21(24(7,8)9)17(6)23(22)25/h10-15,25H,1-9H3. The van der Waals surface area contributed by atoms with Gasteiger partial charge < -0.3 is 5.11 Å². The SMILES string of the molecule is Cc1ccc(C(C)C)c(-c2c(C(C)C)cc(C(C)(C)C)c(C)c2O)c1. The molecular formula is C24H34O. The molecule has 0 amide bonds. The highest BCUT2D eigenvalue weighted by atomic mass is 16.3. The summed E-state index contributed by atoms with van der Waals surface area (Å²) in [5.74, 6) is 1.21. The molecule has 0 aromatic heterocycles. The lowest BCUT2D eigenvalue weighted by atomic mass is 9.77. The van der Waals surface area contributed by atoms with E-state index in [-0.39, 0.29) is 5.41 Å². The molecule has 0 unspecified atom stereocenters. The molecule has 136 valence electrons. The first kappa shape index (κ1) is 19.6. The van der Waals surface area contributed by atoms with Gasteiger partial charge in [-0.25, -0.2) is 0 Å². The Morgan fingerprint density at radius 3 is 1.88 bits per heavy atom.